The first kappa shape index (κ1) is 9.39. The summed E-state index contributed by atoms with van der Waals surface area (Å²) in [6, 6.07) is 7.22. The molecule has 1 aliphatic heterocycles. The van der Waals surface area contributed by atoms with E-state index in [0.29, 0.717) is 5.69 Å². The van der Waals surface area contributed by atoms with Crippen LogP contribution in [0.25, 0.3) is 0 Å². The van der Waals surface area contributed by atoms with Crippen molar-refractivity contribution < 1.29 is 9.59 Å². The summed E-state index contributed by atoms with van der Waals surface area (Å²) >= 11 is 2.17. The van der Waals surface area contributed by atoms with Gasteiger partial charge in [-0.25, -0.2) is 4.90 Å². The predicted molar refractivity (Wildman–Crippen MR) is 60.8 cm³/mol. The van der Waals surface area contributed by atoms with Crippen LogP contribution in [0, 0.1) is 3.57 Å². The van der Waals surface area contributed by atoms with Gasteiger partial charge in [-0.3, -0.25) is 9.59 Å². The maximum Gasteiger partial charge on any atom is 0.258 e. The van der Waals surface area contributed by atoms with Gasteiger partial charge >= 0.3 is 0 Å². The Morgan fingerprint density at radius 1 is 0.929 bits per heavy atom. The van der Waals surface area contributed by atoms with Crippen molar-refractivity contribution in [3.8, 4) is 0 Å². The molecular formula is C10H6INO2. The van der Waals surface area contributed by atoms with E-state index in [1.807, 2.05) is 12.1 Å². The number of nitrogens with zero attached hydrogens (tertiary/aromatic N) is 1. The molecule has 0 N–H and O–H groups in total. The number of anilines is 1. The molecule has 70 valence electrons. The summed E-state index contributed by atoms with van der Waals surface area (Å²) in [7, 11) is 0. The third kappa shape index (κ3) is 1.57. The van der Waals surface area contributed by atoms with Gasteiger partial charge in [-0.05, 0) is 46.9 Å². The number of amides is 2. The molecule has 4 heteroatoms. The van der Waals surface area contributed by atoms with Crippen molar-refractivity contribution >= 4 is 40.1 Å². The second-order valence-corrected chi connectivity index (χ2v) is 4.07. The molecule has 0 aliphatic carbocycles. The summed E-state index contributed by atoms with van der Waals surface area (Å²) in [5, 5.41) is 0. The Balaban J connectivity index is 2.36. The largest absolute Gasteiger partial charge is 0.269 e. The lowest BCUT2D eigenvalue weighted by molar-refractivity contribution is -0.119. The van der Waals surface area contributed by atoms with Gasteiger partial charge in [-0.15, -0.1) is 0 Å². The van der Waals surface area contributed by atoms with Crippen LogP contribution in [0.15, 0.2) is 36.4 Å². The zero-order valence-electron chi connectivity index (χ0n) is 7.11. The molecule has 1 aromatic rings. The molecule has 0 spiro atoms. The highest BCUT2D eigenvalue weighted by Crippen LogP contribution is 2.19. The molecule has 0 fully saturated rings. The second-order valence-electron chi connectivity index (χ2n) is 2.82. The maximum atomic E-state index is 11.3. The van der Waals surface area contributed by atoms with Crippen molar-refractivity contribution in [3.63, 3.8) is 0 Å². The molecule has 0 atom stereocenters. The third-order valence-corrected chi connectivity index (χ3v) is 2.61. The quantitative estimate of drug-likeness (QED) is 0.584. The van der Waals surface area contributed by atoms with E-state index in [-0.39, 0.29) is 11.8 Å². The molecule has 2 rings (SSSR count). The van der Waals surface area contributed by atoms with Crippen LogP contribution in [-0.2, 0) is 9.59 Å². The van der Waals surface area contributed by atoms with Crippen LogP contribution in [0.5, 0.6) is 0 Å². The SMILES string of the molecule is O=C1C=CC(=O)N1c1ccc([125I])cc1. The number of imide groups is 1. The monoisotopic (exact) mass is 297 g/mol. The smallest absolute Gasteiger partial charge is 0.258 e. The minimum atomic E-state index is -0.281. The van der Waals surface area contributed by atoms with Gasteiger partial charge in [0.2, 0.25) is 0 Å². The predicted octanol–water partition coefficient (Wildman–Crippen LogP) is 1.72. The van der Waals surface area contributed by atoms with Gasteiger partial charge in [0.25, 0.3) is 11.8 Å². The molecule has 2 amide bonds. The average molecular weight is 297 g/mol. The summed E-state index contributed by atoms with van der Waals surface area (Å²) in [6.45, 7) is 0. The van der Waals surface area contributed by atoms with E-state index >= 15 is 0 Å². The van der Waals surface area contributed by atoms with Crippen LogP contribution >= 0.6 is 22.6 Å². The van der Waals surface area contributed by atoms with Crippen LogP contribution in [0.2, 0.25) is 0 Å². The average Bonchev–Trinajstić information content (AvgIpc) is 2.49. The number of benzene rings is 1. The number of halogens is 1. The fourth-order valence-corrected chi connectivity index (χ4v) is 1.60. The zero-order chi connectivity index (χ0) is 10.1. The van der Waals surface area contributed by atoms with Gasteiger partial charge in [0.05, 0.1) is 5.69 Å². The van der Waals surface area contributed by atoms with Crippen molar-refractivity contribution in [1.82, 2.24) is 0 Å². The Bertz CT molecular complexity index is 404. The van der Waals surface area contributed by atoms with E-state index in [2.05, 4.69) is 22.6 Å². The van der Waals surface area contributed by atoms with Crippen LogP contribution in [-0.4, -0.2) is 11.8 Å². The van der Waals surface area contributed by atoms with Crippen molar-refractivity contribution in [2.45, 2.75) is 0 Å². The van der Waals surface area contributed by atoms with Crippen molar-refractivity contribution in [1.29, 1.82) is 0 Å². The molecule has 0 bridgehead atoms. The topological polar surface area (TPSA) is 37.4 Å². The van der Waals surface area contributed by atoms with Crippen LogP contribution in [0.3, 0.4) is 0 Å². The molecule has 0 unspecified atom stereocenters. The molecular weight excluding hydrogens is 291 g/mol. The lowest BCUT2D eigenvalue weighted by atomic mass is 10.3. The normalized spacial score (nSPS) is 15.4. The highest BCUT2D eigenvalue weighted by atomic mass is 125. The van der Waals surface area contributed by atoms with E-state index < -0.39 is 0 Å². The standard InChI is InChI=1S/C10H6INO2/c11-7-1-3-8(4-2-7)12-9(13)5-6-10(12)14/h1-6H/i11-2. The van der Waals surface area contributed by atoms with Gasteiger partial charge in [0, 0.05) is 15.7 Å². The van der Waals surface area contributed by atoms with Crippen molar-refractivity contribution in [3.05, 3.63) is 40.0 Å². The van der Waals surface area contributed by atoms with Gasteiger partial charge in [-0.1, -0.05) is 0 Å². The first-order chi connectivity index (χ1) is 6.68. The van der Waals surface area contributed by atoms with Gasteiger partial charge < -0.3 is 0 Å². The Labute approximate surface area is 94.5 Å². The Morgan fingerprint density at radius 3 is 1.93 bits per heavy atom. The van der Waals surface area contributed by atoms with Crippen LogP contribution < -0.4 is 4.90 Å². The summed E-state index contributed by atoms with van der Waals surface area (Å²) < 4.78 is 1.07. The van der Waals surface area contributed by atoms with Gasteiger partial charge in [-0.2, -0.15) is 0 Å². The number of rotatable bonds is 1. The Kier molecular flexibility index (Phi) is 2.37. The molecule has 0 saturated carbocycles. The van der Waals surface area contributed by atoms with Crippen LogP contribution in [0.4, 0.5) is 5.69 Å². The second kappa shape index (κ2) is 3.53. The summed E-state index contributed by atoms with van der Waals surface area (Å²) in [4.78, 5) is 23.7. The lowest BCUT2D eigenvalue weighted by Crippen LogP contribution is -2.29. The fourth-order valence-electron chi connectivity index (χ4n) is 1.24. The molecule has 14 heavy (non-hydrogen) atoms. The van der Waals surface area contributed by atoms with E-state index in [4.69, 9.17) is 0 Å². The van der Waals surface area contributed by atoms with Crippen molar-refractivity contribution in [2.75, 3.05) is 4.90 Å². The van der Waals surface area contributed by atoms with Gasteiger partial charge in [0.15, 0.2) is 0 Å². The molecule has 0 aromatic heterocycles. The Morgan fingerprint density at radius 2 is 1.43 bits per heavy atom. The number of carbonyl (C=O) groups is 2. The fraction of sp³-hybridized carbons (Fsp3) is 0. The summed E-state index contributed by atoms with van der Waals surface area (Å²) in [5.74, 6) is -0.563. The number of hydrogen-bond donors (Lipinski definition) is 0. The van der Waals surface area contributed by atoms with E-state index in [0.717, 1.165) is 8.47 Å². The van der Waals surface area contributed by atoms with Crippen molar-refractivity contribution in [2.24, 2.45) is 0 Å². The number of hydrogen-bond acceptors (Lipinski definition) is 2. The molecule has 1 aromatic carbocycles. The molecule has 1 heterocycles. The molecule has 1 aliphatic rings. The number of carbonyl (C=O) groups excluding carboxylic acids is 2. The summed E-state index contributed by atoms with van der Waals surface area (Å²) in [6.07, 6.45) is 2.56. The molecule has 0 radical (unpaired) electrons. The minimum Gasteiger partial charge on any atom is -0.269 e. The first-order valence-electron chi connectivity index (χ1n) is 4.00. The van der Waals surface area contributed by atoms with E-state index in [1.165, 1.54) is 12.2 Å². The lowest BCUT2D eigenvalue weighted by Gasteiger charge is -2.13. The third-order valence-electron chi connectivity index (χ3n) is 1.89. The minimum absolute atomic E-state index is 0.281. The zero-order valence-corrected chi connectivity index (χ0v) is 9.26. The molecule has 3 nitrogen and oxygen atoms in total. The van der Waals surface area contributed by atoms with Gasteiger partial charge in [0.1, 0.15) is 0 Å². The maximum absolute atomic E-state index is 11.3. The van der Waals surface area contributed by atoms with Crippen LogP contribution in [0.1, 0.15) is 0 Å². The molecule has 0 saturated heterocycles. The Hall–Kier alpha value is -1.17. The first-order valence-corrected chi connectivity index (χ1v) is 5.08. The highest BCUT2D eigenvalue weighted by Gasteiger charge is 2.24. The van der Waals surface area contributed by atoms with E-state index in [9.17, 15) is 9.59 Å². The van der Waals surface area contributed by atoms with E-state index in [1.54, 1.807) is 12.1 Å². The highest BCUT2D eigenvalue weighted by molar-refractivity contribution is 14.1. The summed E-state index contributed by atoms with van der Waals surface area (Å²) in [5.41, 5.74) is 0.616.